The fourth-order valence-electron chi connectivity index (χ4n) is 4.74. The van der Waals surface area contributed by atoms with E-state index in [0.717, 1.165) is 22.0 Å². The van der Waals surface area contributed by atoms with Gasteiger partial charge in [0.05, 0.1) is 17.4 Å². The number of carbonyl (C=O) groups excluding carboxylic acids is 2. The molecule has 0 radical (unpaired) electrons. The number of amides is 2. The minimum atomic E-state index is -0.896. The number of carbonyl (C=O) groups is 2. The summed E-state index contributed by atoms with van der Waals surface area (Å²) in [5.74, 6) is -1.28. The Morgan fingerprint density at radius 2 is 1.56 bits per heavy atom. The van der Waals surface area contributed by atoms with Crippen molar-refractivity contribution in [2.45, 2.75) is 12.1 Å². The van der Waals surface area contributed by atoms with E-state index in [1.54, 1.807) is 17.5 Å². The molecule has 2 aliphatic rings. The van der Waals surface area contributed by atoms with Gasteiger partial charge < -0.3 is 0 Å². The van der Waals surface area contributed by atoms with E-state index in [4.69, 9.17) is 4.84 Å². The second-order valence-electron chi connectivity index (χ2n) is 7.95. The Labute approximate surface area is 184 Å². The average molecular weight is 421 g/mol. The van der Waals surface area contributed by atoms with Crippen LogP contribution in [0.25, 0.3) is 10.8 Å². The van der Waals surface area contributed by atoms with Gasteiger partial charge in [-0.25, -0.2) is 9.96 Å². The molecule has 2 amide bonds. The number of hydrogen-bond acceptors (Lipinski definition) is 5. The number of rotatable bonds is 3. The number of para-hydroxylation sites is 1. The molecule has 0 aliphatic carbocycles. The van der Waals surface area contributed by atoms with Crippen molar-refractivity contribution in [3.8, 4) is 0 Å². The highest BCUT2D eigenvalue weighted by atomic mass is 16.7. The van der Waals surface area contributed by atoms with Crippen molar-refractivity contribution in [1.29, 1.82) is 0 Å². The monoisotopic (exact) mass is 421 g/mol. The third kappa shape index (κ3) is 2.73. The van der Waals surface area contributed by atoms with Crippen LogP contribution in [-0.2, 0) is 14.4 Å². The molecule has 0 saturated carbocycles. The van der Waals surface area contributed by atoms with Crippen molar-refractivity contribution < 1.29 is 14.4 Å². The summed E-state index contributed by atoms with van der Waals surface area (Å²) in [6, 6.07) is 26.2. The van der Waals surface area contributed by atoms with Crippen LogP contribution in [-0.4, -0.2) is 22.9 Å². The van der Waals surface area contributed by atoms with Gasteiger partial charge in [-0.2, -0.15) is 0 Å². The van der Waals surface area contributed by atoms with Gasteiger partial charge in [0.25, 0.3) is 5.91 Å². The minimum absolute atomic E-state index is 0.261. The zero-order valence-electron chi connectivity index (χ0n) is 17.0. The lowest BCUT2D eigenvalue weighted by atomic mass is 9.91. The number of hydroxylamine groups is 1. The van der Waals surface area contributed by atoms with Crippen molar-refractivity contribution in [3.05, 3.63) is 103 Å². The Bertz CT molecular complexity index is 1320. The van der Waals surface area contributed by atoms with E-state index in [1.165, 1.54) is 4.90 Å². The maximum absolute atomic E-state index is 13.8. The van der Waals surface area contributed by atoms with E-state index >= 15 is 0 Å². The van der Waals surface area contributed by atoms with Crippen LogP contribution in [0.4, 0.5) is 11.4 Å². The molecule has 156 valence electrons. The second-order valence-corrected chi connectivity index (χ2v) is 7.95. The Balaban J connectivity index is 1.47. The molecule has 0 N–H and O–H groups in total. The molecule has 3 atom stereocenters. The zero-order chi connectivity index (χ0) is 21.7. The van der Waals surface area contributed by atoms with Gasteiger partial charge in [0, 0.05) is 17.8 Å². The lowest BCUT2D eigenvalue weighted by molar-refractivity contribution is -0.126. The molecule has 0 spiro atoms. The normalized spacial score (nSPS) is 22.6. The van der Waals surface area contributed by atoms with E-state index < -0.39 is 18.1 Å². The van der Waals surface area contributed by atoms with Crippen LogP contribution in [0.2, 0.25) is 0 Å². The van der Waals surface area contributed by atoms with Crippen molar-refractivity contribution in [2.75, 3.05) is 9.96 Å². The lowest BCUT2D eigenvalue weighted by Gasteiger charge is -2.28. The minimum Gasteiger partial charge on any atom is -0.273 e. The Morgan fingerprint density at radius 3 is 2.38 bits per heavy atom. The first kappa shape index (κ1) is 18.7. The van der Waals surface area contributed by atoms with Crippen LogP contribution >= 0.6 is 0 Å². The summed E-state index contributed by atoms with van der Waals surface area (Å²) in [7, 11) is 0. The molecular formula is C26H19N3O3. The van der Waals surface area contributed by atoms with E-state index in [0.29, 0.717) is 5.69 Å². The molecule has 6 heteroatoms. The van der Waals surface area contributed by atoms with Gasteiger partial charge in [0.2, 0.25) is 5.91 Å². The predicted molar refractivity (Wildman–Crippen MR) is 121 cm³/mol. The topological polar surface area (TPSA) is 62.7 Å². The summed E-state index contributed by atoms with van der Waals surface area (Å²) in [5, 5.41) is 3.51. The van der Waals surface area contributed by atoms with Crippen LogP contribution in [0.5, 0.6) is 0 Å². The molecule has 2 saturated heterocycles. The highest BCUT2D eigenvalue weighted by molar-refractivity contribution is 6.26. The fourth-order valence-corrected chi connectivity index (χ4v) is 4.74. The summed E-state index contributed by atoms with van der Waals surface area (Å²) in [4.78, 5) is 39.0. The number of pyridine rings is 1. The smallest absolute Gasteiger partial charge is 0.266 e. The number of hydrogen-bond donors (Lipinski definition) is 0. The highest BCUT2D eigenvalue weighted by Gasteiger charge is 2.60. The Kier molecular flexibility index (Phi) is 4.26. The highest BCUT2D eigenvalue weighted by Crippen LogP contribution is 2.48. The molecule has 6 nitrogen and oxygen atoms in total. The lowest BCUT2D eigenvalue weighted by Crippen LogP contribution is -2.37. The first-order chi connectivity index (χ1) is 15.7. The summed E-state index contributed by atoms with van der Waals surface area (Å²) >= 11 is 0. The third-order valence-electron chi connectivity index (χ3n) is 6.16. The number of nitrogens with zero attached hydrogens (tertiary/aromatic N) is 3. The first-order valence-corrected chi connectivity index (χ1v) is 10.5. The van der Waals surface area contributed by atoms with E-state index in [1.807, 2.05) is 84.9 Å². The van der Waals surface area contributed by atoms with Gasteiger partial charge >= 0.3 is 0 Å². The molecule has 3 heterocycles. The Morgan fingerprint density at radius 1 is 0.781 bits per heavy atom. The van der Waals surface area contributed by atoms with Crippen LogP contribution in [0.15, 0.2) is 97.3 Å². The maximum Gasteiger partial charge on any atom is 0.266 e. The molecule has 3 aromatic carbocycles. The molecule has 6 rings (SSSR count). The predicted octanol–water partition coefficient (Wildman–Crippen LogP) is 4.29. The number of aromatic nitrogens is 1. The van der Waals surface area contributed by atoms with E-state index in [2.05, 4.69) is 4.98 Å². The quantitative estimate of drug-likeness (QED) is 0.462. The van der Waals surface area contributed by atoms with Crippen molar-refractivity contribution in [3.63, 3.8) is 0 Å². The summed E-state index contributed by atoms with van der Waals surface area (Å²) in [6.45, 7) is 0. The van der Waals surface area contributed by atoms with Crippen molar-refractivity contribution >= 4 is 34.0 Å². The standard InChI is InChI=1S/C26H19N3O3/c30-25-22-23(18-10-7-15-27-16-18)29(19-11-2-1-3-12-19)32-24(22)26(31)28(25)21-14-6-9-17-8-4-5-13-20(17)21/h1-16,22-24H/t22-,23-,24+/m0/s1. The van der Waals surface area contributed by atoms with Crippen LogP contribution < -0.4 is 9.96 Å². The summed E-state index contributed by atoms with van der Waals surface area (Å²) in [5.41, 5.74) is 2.20. The second kappa shape index (κ2) is 7.28. The molecule has 32 heavy (non-hydrogen) atoms. The molecule has 0 unspecified atom stereocenters. The van der Waals surface area contributed by atoms with Crippen molar-refractivity contribution in [1.82, 2.24) is 4.98 Å². The zero-order valence-corrected chi connectivity index (χ0v) is 17.0. The molecule has 4 aromatic rings. The average Bonchev–Trinajstić information content (AvgIpc) is 3.36. The van der Waals surface area contributed by atoms with Gasteiger partial charge in [-0.1, -0.05) is 60.7 Å². The van der Waals surface area contributed by atoms with Crippen molar-refractivity contribution in [2.24, 2.45) is 5.92 Å². The van der Waals surface area contributed by atoms with E-state index in [9.17, 15) is 9.59 Å². The van der Waals surface area contributed by atoms with Gasteiger partial charge in [0.1, 0.15) is 5.92 Å². The summed E-state index contributed by atoms with van der Waals surface area (Å²) < 4.78 is 0. The van der Waals surface area contributed by atoms with Crippen LogP contribution in [0.1, 0.15) is 11.6 Å². The van der Waals surface area contributed by atoms with Gasteiger partial charge in [-0.15, -0.1) is 0 Å². The van der Waals surface area contributed by atoms with E-state index in [-0.39, 0.29) is 11.8 Å². The maximum atomic E-state index is 13.8. The number of anilines is 2. The molecule has 1 aromatic heterocycles. The third-order valence-corrected chi connectivity index (χ3v) is 6.16. The van der Waals surface area contributed by atoms with Gasteiger partial charge in [-0.3, -0.25) is 19.4 Å². The largest absolute Gasteiger partial charge is 0.273 e. The van der Waals surface area contributed by atoms with Gasteiger partial charge in [0.15, 0.2) is 6.10 Å². The molecular weight excluding hydrogens is 402 g/mol. The molecule has 0 bridgehead atoms. The van der Waals surface area contributed by atoms with Gasteiger partial charge in [-0.05, 0) is 35.2 Å². The molecule has 2 fully saturated rings. The number of imide groups is 1. The SMILES string of the molecule is O=C1[C@@H]2[C@@H](ON(c3ccccc3)[C@H]2c2cccnc2)C(=O)N1c1cccc2ccccc12. The Hall–Kier alpha value is -4.03. The number of benzene rings is 3. The molecule has 2 aliphatic heterocycles. The van der Waals surface area contributed by atoms with Crippen LogP contribution in [0, 0.1) is 5.92 Å². The fraction of sp³-hybridized carbons (Fsp3) is 0.115. The first-order valence-electron chi connectivity index (χ1n) is 10.5. The number of fused-ring (bicyclic) bond motifs is 2. The van der Waals surface area contributed by atoms with Crippen LogP contribution in [0.3, 0.4) is 0 Å². The summed E-state index contributed by atoms with van der Waals surface area (Å²) in [6.07, 6.45) is 2.52.